The lowest BCUT2D eigenvalue weighted by Crippen LogP contribution is -2.51. The zero-order valence-electron chi connectivity index (χ0n) is 9.75. The first kappa shape index (κ1) is 11.1. The van der Waals surface area contributed by atoms with Crippen molar-refractivity contribution in [3.8, 4) is 0 Å². The Morgan fingerprint density at radius 3 is 2.81 bits per heavy atom. The molecule has 0 aliphatic carbocycles. The molecule has 1 aromatic rings. The zero-order chi connectivity index (χ0) is 11.6. The first-order chi connectivity index (χ1) is 7.59. The molecule has 1 fully saturated rings. The molecular weight excluding hydrogens is 202 g/mol. The van der Waals surface area contributed by atoms with Crippen molar-refractivity contribution in [2.75, 3.05) is 13.2 Å². The monoisotopic (exact) mass is 219 g/mol. The molecule has 3 heteroatoms. The van der Waals surface area contributed by atoms with Crippen LogP contribution < -0.4 is 5.32 Å². The summed E-state index contributed by atoms with van der Waals surface area (Å²) >= 11 is 0. The third-order valence-electron chi connectivity index (χ3n) is 3.04. The Morgan fingerprint density at radius 2 is 2.19 bits per heavy atom. The molecular formula is C13H17NO2. The molecule has 1 aliphatic rings. The fraction of sp³-hybridized carbons (Fsp3) is 0.462. The van der Waals surface area contributed by atoms with Gasteiger partial charge in [-0.05, 0) is 25.0 Å². The molecule has 16 heavy (non-hydrogen) atoms. The van der Waals surface area contributed by atoms with Gasteiger partial charge in [-0.25, -0.2) is 0 Å². The van der Waals surface area contributed by atoms with Crippen LogP contribution in [0.3, 0.4) is 0 Å². The van der Waals surface area contributed by atoms with Crippen LogP contribution in [-0.2, 0) is 16.0 Å². The van der Waals surface area contributed by atoms with Gasteiger partial charge in [0.05, 0.1) is 5.60 Å². The number of rotatable bonds is 2. The number of amides is 1. The van der Waals surface area contributed by atoms with E-state index in [2.05, 4.69) is 24.4 Å². The highest BCUT2D eigenvalue weighted by atomic mass is 16.5. The highest BCUT2D eigenvalue weighted by Crippen LogP contribution is 2.21. The molecule has 1 saturated heterocycles. The summed E-state index contributed by atoms with van der Waals surface area (Å²) in [7, 11) is 0. The summed E-state index contributed by atoms with van der Waals surface area (Å²) in [5.41, 5.74) is 2.27. The van der Waals surface area contributed by atoms with E-state index in [0.29, 0.717) is 6.54 Å². The van der Waals surface area contributed by atoms with E-state index in [9.17, 15) is 4.79 Å². The molecule has 1 N–H and O–H groups in total. The Hall–Kier alpha value is -1.35. The van der Waals surface area contributed by atoms with Crippen molar-refractivity contribution in [2.24, 2.45) is 0 Å². The summed E-state index contributed by atoms with van der Waals surface area (Å²) in [5.74, 6) is -0.0257. The summed E-state index contributed by atoms with van der Waals surface area (Å²) in [6.45, 7) is 4.89. The van der Waals surface area contributed by atoms with Crippen LogP contribution in [0, 0.1) is 6.92 Å². The minimum absolute atomic E-state index is 0.0257. The van der Waals surface area contributed by atoms with Gasteiger partial charge in [0.15, 0.2) is 0 Å². The number of aryl methyl sites for hydroxylation is 1. The number of carbonyl (C=O) groups excluding carboxylic acids is 1. The number of nitrogens with one attached hydrogen (secondary N) is 1. The normalized spacial score (nSPS) is 25.2. The van der Waals surface area contributed by atoms with Crippen molar-refractivity contribution in [1.82, 2.24) is 5.32 Å². The summed E-state index contributed by atoms with van der Waals surface area (Å²) in [4.78, 5) is 11.0. The van der Waals surface area contributed by atoms with Crippen LogP contribution in [0.1, 0.15) is 18.1 Å². The highest BCUT2D eigenvalue weighted by molar-refractivity contribution is 5.78. The van der Waals surface area contributed by atoms with Crippen molar-refractivity contribution in [1.29, 1.82) is 0 Å². The minimum Gasteiger partial charge on any atom is -0.363 e. The number of benzene rings is 1. The Morgan fingerprint density at radius 1 is 1.44 bits per heavy atom. The van der Waals surface area contributed by atoms with Gasteiger partial charge in [-0.3, -0.25) is 4.79 Å². The van der Waals surface area contributed by atoms with Crippen molar-refractivity contribution in [3.05, 3.63) is 35.4 Å². The molecule has 0 bridgehead atoms. The largest absolute Gasteiger partial charge is 0.363 e. The SMILES string of the molecule is Cc1ccccc1CC1(C)CNC(=O)CO1. The second-order valence-corrected chi connectivity index (χ2v) is 4.62. The average Bonchev–Trinajstić information content (AvgIpc) is 2.27. The average molecular weight is 219 g/mol. The number of carbonyl (C=O) groups is 1. The third-order valence-corrected chi connectivity index (χ3v) is 3.04. The Kier molecular flexibility index (Phi) is 2.97. The molecule has 1 aromatic carbocycles. The van der Waals surface area contributed by atoms with Crippen molar-refractivity contribution >= 4 is 5.91 Å². The molecule has 3 nitrogen and oxygen atoms in total. The van der Waals surface area contributed by atoms with E-state index in [1.165, 1.54) is 11.1 Å². The second-order valence-electron chi connectivity index (χ2n) is 4.62. The fourth-order valence-corrected chi connectivity index (χ4v) is 1.95. The molecule has 1 aliphatic heterocycles. The molecule has 0 spiro atoms. The van der Waals surface area contributed by atoms with E-state index in [1.54, 1.807) is 0 Å². The third kappa shape index (κ3) is 2.42. The van der Waals surface area contributed by atoms with Gasteiger partial charge in [0, 0.05) is 13.0 Å². The maximum Gasteiger partial charge on any atom is 0.246 e. The first-order valence-electron chi connectivity index (χ1n) is 5.54. The van der Waals surface area contributed by atoms with Crippen LogP contribution in [0.25, 0.3) is 0 Å². The van der Waals surface area contributed by atoms with Gasteiger partial charge in [0.1, 0.15) is 6.61 Å². The molecule has 1 unspecified atom stereocenters. The van der Waals surface area contributed by atoms with Gasteiger partial charge in [0.25, 0.3) is 0 Å². The zero-order valence-corrected chi connectivity index (χ0v) is 9.75. The summed E-state index contributed by atoms with van der Waals surface area (Å²) < 4.78 is 5.62. The Balaban J connectivity index is 2.09. The maximum absolute atomic E-state index is 11.0. The van der Waals surface area contributed by atoms with Crippen LogP contribution in [0.2, 0.25) is 0 Å². The van der Waals surface area contributed by atoms with Gasteiger partial charge >= 0.3 is 0 Å². The van der Waals surface area contributed by atoms with E-state index in [-0.39, 0.29) is 18.1 Å². The molecule has 1 atom stereocenters. The van der Waals surface area contributed by atoms with Crippen molar-refractivity contribution in [3.63, 3.8) is 0 Å². The second kappa shape index (κ2) is 4.26. The van der Waals surface area contributed by atoms with E-state index in [4.69, 9.17) is 4.74 Å². The van der Waals surface area contributed by atoms with Crippen LogP contribution in [0.4, 0.5) is 0 Å². The number of hydrogen-bond acceptors (Lipinski definition) is 2. The molecule has 1 amide bonds. The molecule has 86 valence electrons. The molecule has 0 saturated carbocycles. The smallest absolute Gasteiger partial charge is 0.246 e. The predicted octanol–water partition coefficient (Wildman–Crippen LogP) is 1.44. The van der Waals surface area contributed by atoms with Gasteiger partial charge in [-0.15, -0.1) is 0 Å². The van der Waals surface area contributed by atoms with E-state index in [0.717, 1.165) is 6.42 Å². The lowest BCUT2D eigenvalue weighted by atomic mass is 9.92. The Bertz CT molecular complexity index is 391. The minimum atomic E-state index is -0.278. The summed E-state index contributed by atoms with van der Waals surface area (Å²) in [6, 6.07) is 8.28. The van der Waals surface area contributed by atoms with Crippen molar-refractivity contribution < 1.29 is 9.53 Å². The number of hydrogen-bond donors (Lipinski definition) is 1. The quantitative estimate of drug-likeness (QED) is 0.817. The fourth-order valence-electron chi connectivity index (χ4n) is 1.95. The highest BCUT2D eigenvalue weighted by Gasteiger charge is 2.31. The molecule has 2 rings (SSSR count). The van der Waals surface area contributed by atoms with Crippen LogP contribution in [-0.4, -0.2) is 24.7 Å². The van der Waals surface area contributed by atoms with Gasteiger partial charge in [-0.1, -0.05) is 24.3 Å². The first-order valence-corrected chi connectivity index (χ1v) is 5.54. The van der Waals surface area contributed by atoms with Gasteiger partial charge in [-0.2, -0.15) is 0 Å². The lowest BCUT2D eigenvalue weighted by molar-refractivity contribution is -0.141. The van der Waals surface area contributed by atoms with Crippen LogP contribution in [0.5, 0.6) is 0 Å². The molecule has 1 heterocycles. The van der Waals surface area contributed by atoms with Crippen LogP contribution in [0.15, 0.2) is 24.3 Å². The molecule has 0 radical (unpaired) electrons. The van der Waals surface area contributed by atoms with Gasteiger partial charge < -0.3 is 10.1 Å². The maximum atomic E-state index is 11.0. The van der Waals surface area contributed by atoms with E-state index >= 15 is 0 Å². The topological polar surface area (TPSA) is 38.3 Å². The Labute approximate surface area is 95.8 Å². The lowest BCUT2D eigenvalue weighted by Gasteiger charge is -2.34. The predicted molar refractivity (Wildman–Crippen MR) is 62.2 cm³/mol. The van der Waals surface area contributed by atoms with Crippen molar-refractivity contribution in [2.45, 2.75) is 25.9 Å². The molecule has 0 aromatic heterocycles. The summed E-state index contributed by atoms with van der Waals surface area (Å²) in [6.07, 6.45) is 0.833. The van der Waals surface area contributed by atoms with Gasteiger partial charge in [0.2, 0.25) is 5.91 Å². The number of ether oxygens (including phenoxy) is 1. The number of morpholine rings is 1. The standard InChI is InChI=1S/C13H17NO2/c1-10-5-3-4-6-11(10)7-13(2)9-14-12(15)8-16-13/h3-6H,7-9H2,1-2H3,(H,14,15). The van der Waals surface area contributed by atoms with E-state index in [1.807, 2.05) is 19.1 Å². The van der Waals surface area contributed by atoms with E-state index < -0.39 is 0 Å². The van der Waals surface area contributed by atoms with Crippen LogP contribution >= 0.6 is 0 Å². The summed E-state index contributed by atoms with van der Waals surface area (Å²) in [5, 5.41) is 2.85.